The Balaban J connectivity index is 2.28. The van der Waals surface area contributed by atoms with Gasteiger partial charge in [0.25, 0.3) is 0 Å². The van der Waals surface area contributed by atoms with Gasteiger partial charge in [0.05, 0.1) is 22.0 Å². The van der Waals surface area contributed by atoms with Crippen LogP contribution in [0.3, 0.4) is 0 Å². The number of hydrogen-bond donors (Lipinski definition) is 1. The van der Waals surface area contributed by atoms with Gasteiger partial charge in [-0.1, -0.05) is 53.9 Å². The van der Waals surface area contributed by atoms with Crippen LogP contribution in [0.2, 0.25) is 15.1 Å². The molecule has 0 spiro atoms. The zero-order valence-corrected chi connectivity index (χ0v) is 24.8. The molecule has 0 heterocycles. The summed E-state index contributed by atoms with van der Waals surface area (Å²) in [5.41, 5.74) is 1.84. The average Bonchev–Trinajstić information content (AvgIpc) is 2.79. The number of carbonyl (C=O) groups is 2. The molecule has 7 nitrogen and oxygen atoms in total. The van der Waals surface area contributed by atoms with Crippen molar-refractivity contribution in [3.8, 4) is 0 Å². The van der Waals surface area contributed by atoms with E-state index in [0.717, 1.165) is 11.8 Å². The number of anilines is 1. The quantitative estimate of drug-likeness (QED) is 0.337. The molecule has 2 aromatic carbocycles. The first-order valence-corrected chi connectivity index (χ1v) is 15.0. The van der Waals surface area contributed by atoms with Gasteiger partial charge < -0.3 is 10.2 Å². The van der Waals surface area contributed by atoms with Crippen molar-refractivity contribution >= 4 is 62.3 Å². The van der Waals surface area contributed by atoms with Gasteiger partial charge >= 0.3 is 0 Å². The Kier molecular flexibility index (Phi) is 11.6. The summed E-state index contributed by atoms with van der Waals surface area (Å²) < 4.78 is 26.4. The molecule has 0 aliphatic carbocycles. The highest BCUT2D eigenvalue weighted by Crippen LogP contribution is 2.29. The van der Waals surface area contributed by atoms with Gasteiger partial charge in [-0.15, -0.1) is 0 Å². The van der Waals surface area contributed by atoms with Gasteiger partial charge in [0.15, 0.2) is 0 Å². The Bertz CT molecular complexity index is 1220. The van der Waals surface area contributed by atoms with Crippen LogP contribution < -0.4 is 9.62 Å². The lowest BCUT2D eigenvalue weighted by Crippen LogP contribution is -2.50. The van der Waals surface area contributed by atoms with Gasteiger partial charge in [0.1, 0.15) is 6.04 Å². The Morgan fingerprint density at radius 1 is 1.03 bits per heavy atom. The first-order chi connectivity index (χ1) is 17.3. The predicted octanol–water partition coefficient (Wildman–Crippen LogP) is 5.83. The first-order valence-electron chi connectivity index (χ1n) is 12.0. The summed E-state index contributed by atoms with van der Waals surface area (Å²) in [7, 11) is -3.62. The molecule has 204 valence electrons. The molecular weight excluding hydrogens is 557 g/mol. The number of benzene rings is 2. The van der Waals surface area contributed by atoms with Crippen molar-refractivity contribution in [1.29, 1.82) is 0 Å². The molecule has 11 heteroatoms. The normalized spacial score (nSPS) is 12.4. The summed E-state index contributed by atoms with van der Waals surface area (Å²) in [5.74, 6) is -0.522. The van der Waals surface area contributed by atoms with Gasteiger partial charge in [0.2, 0.25) is 21.8 Å². The van der Waals surface area contributed by atoms with Crippen molar-refractivity contribution in [3.05, 3.63) is 62.6 Å². The van der Waals surface area contributed by atoms with Crippen molar-refractivity contribution in [3.63, 3.8) is 0 Å². The summed E-state index contributed by atoms with van der Waals surface area (Å²) in [6, 6.07) is 9.35. The number of nitrogens with zero attached hydrogens (tertiary/aromatic N) is 2. The molecule has 2 rings (SSSR count). The van der Waals surface area contributed by atoms with Crippen LogP contribution in [-0.4, -0.2) is 50.0 Å². The standard InChI is InChI=1S/C26H34Cl3N3O4S/c1-6-23(26(34)30-17(2)3)31(16-19-12-13-21(28)22(29)15-19)25(33)11-8-14-32(37(5,35)36)24-10-7-9-20(27)18(24)4/h7,9-10,12-13,15,17,23H,6,8,11,14,16H2,1-5H3,(H,30,34)/t23-/m1/s1. The summed E-state index contributed by atoms with van der Waals surface area (Å²) in [6.45, 7) is 7.54. The van der Waals surface area contributed by atoms with E-state index in [1.54, 1.807) is 43.3 Å². The van der Waals surface area contributed by atoms with E-state index in [2.05, 4.69) is 5.32 Å². The van der Waals surface area contributed by atoms with E-state index < -0.39 is 16.1 Å². The van der Waals surface area contributed by atoms with Gasteiger partial charge in [-0.3, -0.25) is 13.9 Å². The van der Waals surface area contributed by atoms with Crippen LogP contribution in [0.15, 0.2) is 36.4 Å². The topological polar surface area (TPSA) is 86.8 Å². The van der Waals surface area contributed by atoms with E-state index in [9.17, 15) is 18.0 Å². The predicted molar refractivity (Wildman–Crippen MR) is 152 cm³/mol. The van der Waals surface area contributed by atoms with Crippen LogP contribution in [0.25, 0.3) is 0 Å². The molecular formula is C26H34Cl3N3O4S. The molecule has 0 aliphatic heterocycles. The fraction of sp³-hybridized carbons (Fsp3) is 0.462. The molecule has 37 heavy (non-hydrogen) atoms. The highest BCUT2D eigenvalue weighted by atomic mass is 35.5. The third-order valence-electron chi connectivity index (χ3n) is 5.81. The van der Waals surface area contributed by atoms with Crippen LogP contribution in [-0.2, 0) is 26.2 Å². The lowest BCUT2D eigenvalue weighted by molar-refractivity contribution is -0.141. The fourth-order valence-electron chi connectivity index (χ4n) is 3.98. The van der Waals surface area contributed by atoms with Crippen molar-refractivity contribution in [2.24, 2.45) is 0 Å². The van der Waals surface area contributed by atoms with E-state index in [-0.39, 0.29) is 43.8 Å². The Hall–Kier alpha value is -2.00. The number of rotatable bonds is 12. The van der Waals surface area contributed by atoms with Crippen LogP contribution in [0.5, 0.6) is 0 Å². The van der Waals surface area contributed by atoms with Crippen molar-refractivity contribution < 1.29 is 18.0 Å². The SMILES string of the molecule is CC[C@H](C(=O)NC(C)C)N(Cc1ccc(Cl)c(Cl)c1)C(=O)CCCN(c1cccc(Cl)c1C)S(C)(=O)=O. The second kappa shape index (κ2) is 13.7. The second-order valence-electron chi connectivity index (χ2n) is 9.18. The van der Waals surface area contributed by atoms with E-state index in [1.807, 2.05) is 20.8 Å². The number of hydrogen-bond acceptors (Lipinski definition) is 4. The third kappa shape index (κ3) is 8.77. The number of nitrogens with one attached hydrogen (secondary N) is 1. The monoisotopic (exact) mass is 589 g/mol. The van der Waals surface area contributed by atoms with E-state index in [4.69, 9.17) is 34.8 Å². The van der Waals surface area contributed by atoms with Crippen LogP contribution in [0.4, 0.5) is 5.69 Å². The first kappa shape index (κ1) is 31.2. The summed E-state index contributed by atoms with van der Waals surface area (Å²) >= 11 is 18.4. The minimum atomic E-state index is -3.62. The summed E-state index contributed by atoms with van der Waals surface area (Å²) in [5, 5.41) is 4.09. The van der Waals surface area contributed by atoms with Crippen LogP contribution in [0, 0.1) is 6.92 Å². The lowest BCUT2D eigenvalue weighted by Gasteiger charge is -2.32. The van der Waals surface area contributed by atoms with Gasteiger partial charge in [-0.2, -0.15) is 0 Å². The molecule has 0 aliphatic rings. The number of sulfonamides is 1. The molecule has 2 aromatic rings. The maximum Gasteiger partial charge on any atom is 0.243 e. The van der Waals surface area contributed by atoms with E-state index >= 15 is 0 Å². The van der Waals surface area contributed by atoms with Crippen molar-refractivity contribution in [2.45, 2.75) is 65.6 Å². The number of halogens is 3. The smallest absolute Gasteiger partial charge is 0.243 e. The molecule has 1 atom stereocenters. The average molecular weight is 591 g/mol. The van der Waals surface area contributed by atoms with Crippen molar-refractivity contribution in [1.82, 2.24) is 10.2 Å². The molecule has 0 saturated carbocycles. The minimum absolute atomic E-state index is 0.0401. The van der Waals surface area contributed by atoms with Gasteiger partial charge in [-0.25, -0.2) is 8.42 Å². The van der Waals surface area contributed by atoms with Crippen LogP contribution in [0.1, 0.15) is 51.2 Å². The molecule has 0 aromatic heterocycles. The Labute approximate surface area is 235 Å². The Morgan fingerprint density at radius 2 is 1.70 bits per heavy atom. The highest BCUT2D eigenvalue weighted by molar-refractivity contribution is 7.92. The molecule has 0 radical (unpaired) electrons. The number of carbonyl (C=O) groups excluding carboxylic acids is 2. The third-order valence-corrected chi connectivity index (χ3v) is 8.14. The van der Waals surface area contributed by atoms with Gasteiger partial charge in [-0.05, 0) is 69.0 Å². The summed E-state index contributed by atoms with van der Waals surface area (Å²) in [4.78, 5) is 28.0. The van der Waals surface area contributed by atoms with Gasteiger partial charge in [0, 0.05) is 30.6 Å². The van der Waals surface area contributed by atoms with E-state index in [0.29, 0.717) is 32.7 Å². The minimum Gasteiger partial charge on any atom is -0.352 e. The maximum absolute atomic E-state index is 13.5. The highest BCUT2D eigenvalue weighted by Gasteiger charge is 2.29. The largest absolute Gasteiger partial charge is 0.352 e. The van der Waals surface area contributed by atoms with Crippen LogP contribution >= 0.6 is 34.8 Å². The molecule has 2 amide bonds. The summed E-state index contributed by atoms with van der Waals surface area (Å²) in [6.07, 6.45) is 1.81. The molecule has 0 unspecified atom stereocenters. The fourth-order valence-corrected chi connectivity index (χ4v) is 5.49. The molecule has 0 fully saturated rings. The maximum atomic E-state index is 13.5. The van der Waals surface area contributed by atoms with Crippen molar-refractivity contribution in [2.75, 3.05) is 17.1 Å². The Morgan fingerprint density at radius 3 is 2.27 bits per heavy atom. The molecule has 0 saturated heterocycles. The molecule has 1 N–H and O–H groups in total. The number of amides is 2. The van der Waals surface area contributed by atoms with E-state index in [1.165, 1.54) is 9.21 Å². The second-order valence-corrected chi connectivity index (χ2v) is 12.3. The molecule has 0 bridgehead atoms. The lowest BCUT2D eigenvalue weighted by atomic mass is 10.1. The zero-order chi connectivity index (χ0) is 27.9. The zero-order valence-electron chi connectivity index (χ0n) is 21.7.